The lowest BCUT2D eigenvalue weighted by atomic mass is 10.0. The number of hydrogen-bond acceptors (Lipinski definition) is 2. The fraction of sp³-hybridized carbons (Fsp3) is 0.286. The van der Waals surface area contributed by atoms with Crippen LogP contribution in [0.2, 0.25) is 0 Å². The minimum absolute atomic E-state index is 0.314. The molecule has 0 spiro atoms. The van der Waals surface area contributed by atoms with Crippen LogP contribution in [0.5, 0.6) is 0 Å². The summed E-state index contributed by atoms with van der Waals surface area (Å²) < 4.78 is 23.4. The lowest BCUT2D eigenvalue weighted by Gasteiger charge is -2.04. The molecule has 0 atom stereocenters. The molecule has 1 aromatic rings. The molecule has 2 nitrogen and oxygen atoms in total. The number of nitrogens with one attached hydrogen (secondary N) is 1. The standard InChI is InChI=1S/C7H7BF2N2/c8-5-2-1-3-7(12-5)11-4-6(9)10/h1-3,6H,4H2,(H,11,12). The zero-order valence-corrected chi connectivity index (χ0v) is 6.30. The normalized spacial score (nSPS) is 10.2. The lowest BCUT2D eigenvalue weighted by Crippen LogP contribution is -2.15. The smallest absolute Gasteiger partial charge is 0.255 e. The molecule has 0 saturated heterocycles. The summed E-state index contributed by atoms with van der Waals surface area (Å²) in [6.45, 7) is -0.406. The zero-order valence-electron chi connectivity index (χ0n) is 6.30. The number of nitrogens with zero attached hydrogens (tertiary/aromatic N) is 1. The van der Waals surface area contributed by atoms with Crippen molar-refractivity contribution >= 4 is 19.3 Å². The van der Waals surface area contributed by atoms with Crippen molar-refractivity contribution in [3.63, 3.8) is 0 Å². The summed E-state index contributed by atoms with van der Waals surface area (Å²) in [5.41, 5.74) is 0.314. The van der Waals surface area contributed by atoms with Gasteiger partial charge in [-0.3, -0.25) is 0 Å². The third-order valence-electron chi connectivity index (χ3n) is 1.21. The molecular weight excluding hydrogens is 161 g/mol. The van der Waals surface area contributed by atoms with Gasteiger partial charge >= 0.3 is 0 Å². The summed E-state index contributed by atoms with van der Waals surface area (Å²) in [7, 11) is 5.33. The molecule has 0 saturated carbocycles. The fourth-order valence-corrected chi connectivity index (χ4v) is 0.732. The van der Waals surface area contributed by atoms with Gasteiger partial charge in [-0.25, -0.2) is 13.8 Å². The van der Waals surface area contributed by atoms with Gasteiger partial charge in [-0.05, 0) is 11.7 Å². The van der Waals surface area contributed by atoms with Gasteiger partial charge in [0.15, 0.2) is 0 Å². The Labute approximate surface area is 70.4 Å². The number of rotatable bonds is 3. The van der Waals surface area contributed by atoms with E-state index in [2.05, 4.69) is 10.3 Å². The quantitative estimate of drug-likeness (QED) is 0.666. The number of pyridine rings is 1. The summed E-state index contributed by atoms with van der Waals surface area (Å²) >= 11 is 0. The predicted octanol–water partition coefficient (Wildman–Crippen LogP) is 0.552. The van der Waals surface area contributed by atoms with E-state index in [1.807, 2.05) is 0 Å². The monoisotopic (exact) mass is 168 g/mol. The maximum absolute atomic E-state index is 11.7. The van der Waals surface area contributed by atoms with Crippen LogP contribution in [0, 0.1) is 0 Å². The van der Waals surface area contributed by atoms with Crippen molar-refractivity contribution in [1.29, 1.82) is 0 Å². The Morgan fingerprint density at radius 3 is 2.83 bits per heavy atom. The Balaban J connectivity index is 2.52. The Bertz CT molecular complexity index is 255. The van der Waals surface area contributed by atoms with Gasteiger partial charge < -0.3 is 5.32 Å². The summed E-state index contributed by atoms with van der Waals surface area (Å²) in [6, 6.07) is 4.82. The van der Waals surface area contributed by atoms with E-state index < -0.39 is 13.0 Å². The molecule has 0 aromatic carbocycles. The third-order valence-corrected chi connectivity index (χ3v) is 1.21. The van der Waals surface area contributed by atoms with Crippen LogP contribution in [-0.2, 0) is 0 Å². The lowest BCUT2D eigenvalue weighted by molar-refractivity contribution is 0.163. The SMILES string of the molecule is [B]c1cccc(NCC(F)F)n1. The van der Waals surface area contributed by atoms with Gasteiger partial charge in [0.05, 0.1) is 6.54 Å². The molecule has 5 heteroatoms. The predicted molar refractivity (Wildman–Crippen MR) is 44.1 cm³/mol. The van der Waals surface area contributed by atoms with Crippen LogP contribution in [0.1, 0.15) is 0 Å². The molecule has 0 aliphatic rings. The molecule has 0 aliphatic carbocycles. The highest BCUT2D eigenvalue weighted by molar-refractivity contribution is 6.30. The van der Waals surface area contributed by atoms with Gasteiger partial charge in [-0.2, -0.15) is 0 Å². The van der Waals surface area contributed by atoms with Crippen LogP contribution in [0.4, 0.5) is 14.6 Å². The Hall–Kier alpha value is -1.13. The number of hydrogen-bond donors (Lipinski definition) is 1. The molecule has 1 N–H and O–H groups in total. The van der Waals surface area contributed by atoms with Crippen molar-refractivity contribution in [2.45, 2.75) is 6.43 Å². The summed E-state index contributed by atoms with van der Waals surface area (Å²) in [5, 5.41) is 2.44. The minimum atomic E-state index is -2.38. The second-order valence-electron chi connectivity index (χ2n) is 2.22. The van der Waals surface area contributed by atoms with E-state index in [0.29, 0.717) is 11.4 Å². The topological polar surface area (TPSA) is 24.9 Å². The van der Waals surface area contributed by atoms with Crippen LogP contribution in [0.25, 0.3) is 0 Å². The molecule has 1 aromatic heterocycles. The van der Waals surface area contributed by atoms with Gasteiger partial charge in [0.1, 0.15) is 13.7 Å². The maximum atomic E-state index is 11.7. The Morgan fingerprint density at radius 2 is 2.25 bits per heavy atom. The van der Waals surface area contributed by atoms with Crippen LogP contribution < -0.4 is 10.9 Å². The average molecular weight is 168 g/mol. The first-order chi connectivity index (χ1) is 5.68. The van der Waals surface area contributed by atoms with E-state index in [0.717, 1.165) is 0 Å². The Kier molecular flexibility index (Phi) is 3.02. The number of anilines is 1. The number of alkyl halides is 2. The van der Waals surface area contributed by atoms with E-state index >= 15 is 0 Å². The van der Waals surface area contributed by atoms with E-state index in [-0.39, 0.29) is 0 Å². The van der Waals surface area contributed by atoms with Crippen molar-refractivity contribution in [3.8, 4) is 0 Å². The van der Waals surface area contributed by atoms with Crippen molar-refractivity contribution < 1.29 is 8.78 Å². The van der Waals surface area contributed by atoms with E-state index in [1.165, 1.54) is 0 Å². The zero-order chi connectivity index (χ0) is 8.97. The minimum Gasteiger partial charge on any atom is -0.364 e. The third kappa shape index (κ3) is 2.86. The first-order valence-corrected chi connectivity index (χ1v) is 3.43. The van der Waals surface area contributed by atoms with Gasteiger partial charge in [0.25, 0.3) is 6.43 Å². The highest BCUT2D eigenvalue weighted by Gasteiger charge is 2.01. The number of aromatic nitrogens is 1. The number of halogens is 2. The molecule has 0 aliphatic heterocycles. The van der Waals surface area contributed by atoms with E-state index in [9.17, 15) is 8.78 Å². The highest BCUT2D eigenvalue weighted by Crippen LogP contribution is 1.99. The molecule has 0 amide bonds. The first kappa shape index (κ1) is 8.97. The maximum Gasteiger partial charge on any atom is 0.255 e. The van der Waals surface area contributed by atoms with E-state index in [1.54, 1.807) is 18.2 Å². The van der Waals surface area contributed by atoms with E-state index in [4.69, 9.17) is 7.85 Å². The van der Waals surface area contributed by atoms with Crippen LogP contribution in [0.3, 0.4) is 0 Å². The van der Waals surface area contributed by atoms with Gasteiger partial charge in [0.2, 0.25) is 0 Å². The molecule has 0 fully saturated rings. The summed E-state index contributed by atoms with van der Waals surface area (Å²) in [5.74, 6) is 0.371. The molecule has 1 rings (SSSR count). The molecule has 1 heterocycles. The van der Waals surface area contributed by atoms with Gasteiger partial charge in [0, 0.05) is 0 Å². The largest absolute Gasteiger partial charge is 0.364 e. The van der Waals surface area contributed by atoms with Crippen LogP contribution >= 0.6 is 0 Å². The highest BCUT2D eigenvalue weighted by atomic mass is 19.3. The van der Waals surface area contributed by atoms with Crippen molar-refractivity contribution in [3.05, 3.63) is 18.2 Å². The molecule has 2 radical (unpaired) electrons. The summed E-state index contributed by atoms with van der Waals surface area (Å²) in [6.07, 6.45) is -2.38. The molecule has 0 bridgehead atoms. The second kappa shape index (κ2) is 4.04. The molecular formula is C7H7BF2N2. The van der Waals surface area contributed by atoms with Crippen LogP contribution in [-0.4, -0.2) is 25.8 Å². The molecule has 62 valence electrons. The molecule has 12 heavy (non-hydrogen) atoms. The van der Waals surface area contributed by atoms with Crippen molar-refractivity contribution in [2.75, 3.05) is 11.9 Å². The summed E-state index contributed by atoms with van der Waals surface area (Å²) in [4.78, 5) is 3.78. The average Bonchev–Trinajstić information content (AvgIpc) is 2.01. The molecule has 0 unspecified atom stereocenters. The first-order valence-electron chi connectivity index (χ1n) is 3.43. The second-order valence-corrected chi connectivity index (χ2v) is 2.22. The Morgan fingerprint density at radius 1 is 1.50 bits per heavy atom. The fourth-order valence-electron chi connectivity index (χ4n) is 0.732. The van der Waals surface area contributed by atoms with Gasteiger partial charge in [-0.15, -0.1) is 0 Å². The van der Waals surface area contributed by atoms with Crippen LogP contribution in [0.15, 0.2) is 18.2 Å². The van der Waals surface area contributed by atoms with Crippen molar-refractivity contribution in [2.24, 2.45) is 0 Å². The van der Waals surface area contributed by atoms with Gasteiger partial charge in [-0.1, -0.05) is 12.1 Å². The van der Waals surface area contributed by atoms with Crippen molar-refractivity contribution in [1.82, 2.24) is 4.98 Å².